The molecule has 1 N–H and O–H groups in total. The molecule has 0 aliphatic rings. The third-order valence-corrected chi connectivity index (χ3v) is 4.97. The summed E-state index contributed by atoms with van der Waals surface area (Å²) in [5, 5.41) is 3.05. The van der Waals surface area contributed by atoms with Crippen molar-refractivity contribution in [2.45, 2.75) is 19.4 Å². The molecule has 1 amide bonds. The van der Waals surface area contributed by atoms with Gasteiger partial charge in [0.2, 0.25) is 0 Å². The predicted octanol–water partition coefficient (Wildman–Crippen LogP) is 4.64. The molecule has 0 bridgehead atoms. The Bertz CT molecular complexity index is 644. The van der Waals surface area contributed by atoms with Gasteiger partial charge in [-0.05, 0) is 37.1 Å². The van der Waals surface area contributed by atoms with Crippen molar-refractivity contribution in [2.75, 3.05) is 5.88 Å². The number of amides is 1. The van der Waals surface area contributed by atoms with E-state index in [9.17, 15) is 4.79 Å². The van der Waals surface area contributed by atoms with Crippen LogP contribution in [0.25, 0.3) is 0 Å². The number of halogens is 2. The lowest BCUT2D eigenvalue weighted by atomic mass is 9.93. The minimum atomic E-state index is -0.603. The van der Waals surface area contributed by atoms with Gasteiger partial charge >= 0.3 is 0 Å². The van der Waals surface area contributed by atoms with Gasteiger partial charge in [0.25, 0.3) is 5.91 Å². The molecule has 0 radical (unpaired) electrons. The molecule has 0 aliphatic heterocycles. The number of nitrogens with one attached hydrogen (secondary N) is 1. The molecule has 0 heterocycles. The lowest BCUT2D eigenvalue weighted by Crippen LogP contribution is -2.45. The first-order valence-corrected chi connectivity index (χ1v) is 8.00. The van der Waals surface area contributed by atoms with Crippen molar-refractivity contribution in [3.63, 3.8) is 0 Å². The highest BCUT2D eigenvalue weighted by molar-refractivity contribution is 9.10. The summed E-state index contributed by atoms with van der Waals surface area (Å²) in [4.78, 5) is 12.6. The van der Waals surface area contributed by atoms with Crippen LogP contribution in [-0.2, 0) is 5.54 Å². The normalized spacial score (nSPS) is 13.5. The van der Waals surface area contributed by atoms with Gasteiger partial charge in [-0.1, -0.05) is 52.3 Å². The van der Waals surface area contributed by atoms with E-state index in [1.807, 2.05) is 62.4 Å². The first-order valence-electron chi connectivity index (χ1n) is 6.67. The summed E-state index contributed by atoms with van der Waals surface area (Å²) in [5.74, 6) is 0.177. The van der Waals surface area contributed by atoms with E-state index < -0.39 is 5.54 Å². The lowest BCUT2D eigenvalue weighted by Gasteiger charge is -2.29. The molecule has 2 aromatic carbocycles. The molecule has 2 rings (SSSR count). The highest BCUT2D eigenvalue weighted by Gasteiger charge is 2.28. The zero-order valence-corrected chi connectivity index (χ0v) is 14.3. The maximum absolute atomic E-state index is 12.6. The molecule has 2 nitrogen and oxygen atoms in total. The average Bonchev–Trinajstić information content (AvgIpc) is 2.50. The minimum Gasteiger partial charge on any atom is -0.342 e. The van der Waals surface area contributed by atoms with Gasteiger partial charge in [-0.2, -0.15) is 0 Å². The number of alkyl halides is 1. The summed E-state index contributed by atoms with van der Waals surface area (Å²) in [6, 6.07) is 15.4. The number of hydrogen-bond acceptors (Lipinski definition) is 1. The molecule has 21 heavy (non-hydrogen) atoms. The fraction of sp³-hybridized carbons (Fsp3) is 0.235. The van der Waals surface area contributed by atoms with E-state index >= 15 is 0 Å². The predicted molar refractivity (Wildman–Crippen MR) is 90.9 cm³/mol. The Balaban J connectivity index is 2.30. The fourth-order valence-electron chi connectivity index (χ4n) is 2.16. The average molecular weight is 367 g/mol. The molecule has 0 saturated heterocycles. The second-order valence-corrected chi connectivity index (χ2v) is 6.32. The first kappa shape index (κ1) is 16.1. The van der Waals surface area contributed by atoms with Gasteiger partial charge < -0.3 is 5.32 Å². The van der Waals surface area contributed by atoms with Crippen molar-refractivity contribution in [3.05, 3.63) is 69.7 Å². The summed E-state index contributed by atoms with van der Waals surface area (Å²) in [6.07, 6.45) is 0. The quantitative estimate of drug-likeness (QED) is 0.785. The van der Waals surface area contributed by atoms with E-state index in [0.29, 0.717) is 11.4 Å². The van der Waals surface area contributed by atoms with Crippen molar-refractivity contribution >= 4 is 33.4 Å². The van der Waals surface area contributed by atoms with Crippen LogP contribution in [0.1, 0.15) is 28.4 Å². The monoisotopic (exact) mass is 365 g/mol. The molecule has 1 unspecified atom stereocenters. The van der Waals surface area contributed by atoms with E-state index in [2.05, 4.69) is 21.2 Å². The molecule has 0 aromatic heterocycles. The van der Waals surface area contributed by atoms with E-state index in [-0.39, 0.29) is 5.91 Å². The van der Waals surface area contributed by atoms with Crippen molar-refractivity contribution < 1.29 is 4.79 Å². The summed E-state index contributed by atoms with van der Waals surface area (Å²) >= 11 is 9.57. The largest absolute Gasteiger partial charge is 0.342 e. The van der Waals surface area contributed by atoms with Gasteiger partial charge in [0.05, 0.1) is 5.54 Å². The standard InChI is InChI=1S/C17H17BrClNO/c1-12-14(9-6-10-15(12)18)16(21)20-17(2,11-19)13-7-4-3-5-8-13/h3-10H,11H2,1-2H3,(H,20,21). The number of benzene rings is 2. The fourth-order valence-corrected chi connectivity index (χ4v) is 2.75. The van der Waals surface area contributed by atoms with Gasteiger partial charge in [-0.3, -0.25) is 4.79 Å². The molecule has 4 heteroatoms. The third-order valence-electron chi connectivity index (χ3n) is 3.58. The van der Waals surface area contributed by atoms with E-state index in [0.717, 1.165) is 15.6 Å². The Labute approximate surface area is 138 Å². The highest BCUT2D eigenvalue weighted by Crippen LogP contribution is 2.24. The second kappa shape index (κ2) is 6.63. The van der Waals surface area contributed by atoms with E-state index in [1.165, 1.54) is 0 Å². The lowest BCUT2D eigenvalue weighted by molar-refractivity contribution is 0.0912. The molecule has 2 aromatic rings. The van der Waals surface area contributed by atoms with Crippen LogP contribution in [0, 0.1) is 6.92 Å². The Hall–Kier alpha value is -1.32. The van der Waals surface area contributed by atoms with Crippen LogP contribution in [0.4, 0.5) is 0 Å². The van der Waals surface area contributed by atoms with Crippen LogP contribution < -0.4 is 5.32 Å². The minimum absolute atomic E-state index is 0.124. The topological polar surface area (TPSA) is 29.1 Å². The maximum Gasteiger partial charge on any atom is 0.252 e. The van der Waals surface area contributed by atoms with Crippen LogP contribution in [-0.4, -0.2) is 11.8 Å². The molecular formula is C17H17BrClNO. The molecule has 1 atom stereocenters. The van der Waals surface area contributed by atoms with Crippen molar-refractivity contribution in [1.29, 1.82) is 0 Å². The maximum atomic E-state index is 12.6. The zero-order chi connectivity index (χ0) is 15.5. The Morgan fingerprint density at radius 2 is 1.86 bits per heavy atom. The molecule has 0 saturated carbocycles. The van der Waals surface area contributed by atoms with Crippen molar-refractivity contribution in [2.24, 2.45) is 0 Å². The van der Waals surface area contributed by atoms with Crippen LogP contribution in [0.2, 0.25) is 0 Å². The number of carbonyl (C=O) groups is 1. The van der Waals surface area contributed by atoms with Gasteiger partial charge in [-0.15, -0.1) is 11.6 Å². The zero-order valence-electron chi connectivity index (χ0n) is 12.0. The van der Waals surface area contributed by atoms with Crippen LogP contribution >= 0.6 is 27.5 Å². The molecule has 0 spiro atoms. The first-order chi connectivity index (χ1) is 9.98. The highest BCUT2D eigenvalue weighted by atomic mass is 79.9. The summed E-state index contributed by atoms with van der Waals surface area (Å²) < 4.78 is 0.919. The number of rotatable bonds is 4. The summed E-state index contributed by atoms with van der Waals surface area (Å²) in [5.41, 5.74) is 1.95. The second-order valence-electron chi connectivity index (χ2n) is 5.20. The molecule has 0 fully saturated rings. The molecule has 110 valence electrons. The van der Waals surface area contributed by atoms with Gasteiger partial charge in [0, 0.05) is 15.9 Å². The van der Waals surface area contributed by atoms with Crippen LogP contribution in [0.15, 0.2) is 53.0 Å². The SMILES string of the molecule is Cc1c(Br)cccc1C(=O)NC(C)(CCl)c1ccccc1. The molecular weight excluding hydrogens is 350 g/mol. The van der Waals surface area contributed by atoms with Crippen LogP contribution in [0.3, 0.4) is 0 Å². The smallest absolute Gasteiger partial charge is 0.252 e. The van der Waals surface area contributed by atoms with E-state index in [1.54, 1.807) is 0 Å². The number of carbonyl (C=O) groups excluding carboxylic acids is 1. The molecule has 0 aliphatic carbocycles. The summed E-state index contributed by atoms with van der Waals surface area (Å²) in [6.45, 7) is 3.85. The van der Waals surface area contributed by atoms with Gasteiger partial charge in [0.15, 0.2) is 0 Å². The Morgan fingerprint density at radius 3 is 2.48 bits per heavy atom. The van der Waals surface area contributed by atoms with Crippen molar-refractivity contribution in [3.8, 4) is 0 Å². The summed E-state index contributed by atoms with van der Waals surface area (Å²) in [7, 11) is 0. The Kier molecular flexibility index (Phi) is 5.07. The van der Waals surface area contributed by atoms with Crippen LogP contribution in [0.5, 0.6) is 0 Å². The van der Waals surface area contributed by atoms with Gasteiger partial charge in [0.1, 0.15) is 0 Å². The third kappa shape index (κ3) is 3.47. The van der Waals surface area contributed by atoms with E-state index in [4.69, 9.17) is 11.6 Å². The Morgan fingerprint density at radius 1 is 1.19 bits per heavy atom. The van der Waals surface area contributed by atoms with Gasteiger partial charge in [-0.25, -0.2) is 0 Å². The number of hydrogen-bond donors (Lipinski definition) is 1. The van der Waals surface area contributed by atoms with Crippen molar-refractivity contribution in [1.82, 2.24) is 5.32 Å².